The Bertz CT molecular complexity index is 588. The molecule has 0 fully saturated rings. The van der Waals surface area contributed by atoms with Gasteiger partial charge in [-0.3, -0.25) is 0 Å². The Labute approximate surface area is 159 Å². The second-order valence-corrected chi connectivity index (χ2v) is 9.79. The molecule has 0 aliphatic heterocycles. The van der Waals surface area contributed by atoms with E-state index in [0.717, 1.165) is 31.7 Å². The number of hydrogen-bond acceptors (Lipinski definition) is 4. The molecule has 0 unspecified atom stereocenters. The monoisotopic (exact) mass is 376 g/mol. The molecule has 0 bridgehead atoms. The van der Waals surface area contributed by atoms with Crippen LogP contribution >= 0.6 is 0 Å². The van der Waals surface area contributed by atoms with E-state index in [4.69, 9.17) is 18.0 Å². The van der Waals surface area contributed by atoms with Crippen LogP contribution in [0.25, 0.3) is 0 Å². The molecule has 1 aliphatic rings. The minimum atomic E-state index is -2.48. The largest absolute Gasteiger partial charge is 0.500 e. The van der Waals surface area contributed by atoms with Gasteiger partial charge in [0.05, 0.1) is 0 Å². The molecule has 2 rings (SSSR count). The quantitative estimate of drug-likeness (QED) is 0.324. The Morgan fingerprint density at radius 2 is 1.62 bits per heavy atom. The molecular formula is C21H32O4Si. The number of allylic oxidation sites excluding steroid dienone is 2. The fourth-order valence-electron chi connectivity index (χ4n) is 3.30. The van der Waals surface area contributed by atoms with Gasteiger partial charge in [-0.05, 0) is 37.3 Å². The molecule has 144 valence electrons. The van der Waals surface area contributed by atoms with Gasteiger partial charge in [-0.2, -0.15) is 0 Å². The van der Waals surface area contributed by atoms with E-state index in [-0.39, 0.29) is 5.60 Å². The second kappa shape index (κ2) is 10.2. The summed E-state index contributed by atoms with van der Waals surface area (Å²) >= 11 is 0. The van der Waals surface area contributed by atoms with Crippen LogP contribution in [0.5, 0.6) is 0 Å². The fraction of sp³-hybridized carbons (Fsp3) is 0.524. The van der Waals surface area contributed by atoms with E-state index in [9.17, 15) is 0 Å². The van der Waals surface area contributed by atoms with Crippen molar-refractivity contribution >= 4 is 8.80 Å². The number of rotatable bonds is 11. The molecule has 0 aromatic heterocycles. The van der Waals surface area contributed by atoms with Crippen LogP contribution in [0.2, 0.25) is 6.04 Å². The highest BCUT2D eigenvalue weighted by molar-refractivity contribution is 6.60. The summed E-state index contributed by atoms with van der Waals surface area (Å²) in [5.74, 6) is 0. The molecule has 0 spiro atoms. The zero-order valence-corrected chi connectivity index (χ0v) is 17.5. The van der Waals surface area contributed by atoms with Crippen molar-refractivity contribution in [3.63, 3.8) is 0 Å². The average Bonchev–Trinajstić information content (AvgIpc) is 2.68. The van der Waals surface area contributed by atoms with Crippen molar-refractivity contribution < 1.29 is 18.0 Å². The smallest absolute Gasteiger partial charge is 0.377 e. The highest BCUT2D eigenvalue weighted by atomic mass is 28.4. The number of hydrogen-bond donors (Lipinski definition) is 0. The van der Waals surface area contributed by atoms with Gasteiger partial charge in [0.1, 0.15) is 5.60 Å². The van der Waals surface area contributed by atoms with E-state index in [0.29, 0.717) is 6.61 Å². The lowest BCUT2D eigenvalue weighted by Gasteiger charge is -2.31. The van der Waals surface area contributed by atoms with Gasteiger partial charge in [0, 0.05) is 40.4 Å². The first-order valence-corrected chi connectivity index (χ1v) is 11.2. The summed E-state index contributed by atoms with van der Waals surface area (Å²) in [6.45, 7) is 2.85. The van der Waals surface area contributed by atoms with Crippen molar-refractivity contribution in [2.75, 3.05) is 27.9 Å². The normalized spacial score (nSPS) is 16.2. The number of aryl methyl sites for hydroxylation is 1. The topological polar surface area (TPSA) is 36.9 Å². The number of ether oxygens (including phenoxy) is 1. The predicted molar refractivity (Wildman–Crippen MR) is 107 cm³/mol. The third-order valence-corrected chi connectivity index (χ3v) is 7.81. The molecule has 1 aliphatic carbocycles. The van der Waals surface area contributed by atoms with Crippen molar-refractivity contribution in [2.24, 2.45) is 0 Å². The van der Waals surface area contributed by atoms with Gasteiger partial charge in [0.2, 0.25) is 0 Å². The van der Waals surface area contributed by atoms with Crippen molar-refractivity contribution in [3.05, 3.63) is 59.7 Å². The summed E-state index contributed by atoms with van der Waals surface area (Å²) in [6.07, 6.45) is 12.5. The molecule has 0 N–H and O–H groups in total. The van der Waals surface area contributed by atoms with Crippen LogP contribution in [0, 0.1) is 6.92 Å². The molecule has 1 aromatic carbocycles. The summed E-state index contributed by atoms with van der Waals surface area (Å²) in [7, 11) is 2.49. The van der Waals surface area contributed by atoms with Crippen LogP contribution < -0.4 is 0 Å². The minimum absolute atomic E-state index is 0.345. The van der Waals surface area contributed by atoms with Crippen LogP contribution in [0.1, 0.15) is 30.4 Å². The predicted octanol–water partition coefficient (Wildman–Crippen LogP) is 4.47. The van der Waals surface area contributed by atoms with Crippen molar-refractivity contribution in [1.82, 2.24) is 0 Å². The lowest BCUT2D eigenvalue weighted by Crippen LogP contribution is -2.42. The standard InChI is InChI=1S/C21H32O4Si/c1-19-12-6-7-13-20(19)18-21(14-8-5-9-15-21)25-16-10-11-17-26(22-2,23-3)24-4/h6-9,12-15H,5,10-11,16-18H2,1-4H3. The van der Waals surface area contributed by atoms with Gasteiger partial charge < -0.3 is 18.0 Å². The fourth-order valence-corrected chi connectivity index (χ4v) is 5.10. The maximum atomic E-state index is 6.36. The van der Waals surface area contributed by atoms with E-state index >= 15 is 0 Å². The van der Waals surface area contributed by atoms with E-state index in [1.807, 2.05) is 0 Å². The Morgan fingerprint density at radius 1 is 0.962 bits per heavy atom. The molecule has 0 heterocycles. The van der Waals surface area contributed by atoms with Gasteiger partial charge >= 0.3 is 8.80 Å². The summed E-state index contributed by atoms with van der Waals surface area (Å²) < 4.78 is 22.8. The average molecular weight is 377 g/mol. The first kappa shape index (κ1) is 21.1. The van der Waals surface area contributed by atoms with Gasteiger partial charge in [-0.15, -0.1) is 0 Å². The highest BCUT2D eigenvalue weighted by Gasteiger charge is 2.37. The van der Waals surface area contributed by atoms with Crippen molar-refractivity contribution in [1.29, 1.82) is 0 Å². The van der Waals surface area contributed by atoms with Crippen molar-refractivity contribution in [2.45, 2.75) is 44.3 Å². The van der Waals surface area contributed by atoms with E-state index in [1.165, 1.54) is 11.1 Å². The first-order valence-electron chi connectivity index (χ1n) is 9.28. The molecular weight excluding hydrogens is 344 g/mol. The summed E-state index contributed by atoms with van der Waals surface area (Å²) in [4.78, 5) is 0. The van der Waals surface area contributed by atoms with Crippen LogP contribution in [0.15, 0.2) is 48.6 Å². The SMILES string of the molecule is CO[Si](CCCCOC1(Cc2ccccc2C)C=CCC=C1)(OC)OC. The van der Waals surface area contributed by atoms with E-state index in [1.54, 1.807) is 21.3 Å². The third-order valence-electron chi connectivity index (χ3n) is 4.98. The van der Waals surface area contributed by atoms with Crippen LogP contribution in [0.3, 0.4) is 0 Å². The Balaban J connectivity index is 1.91. The maximum absolute atomic E-state index is 6.36. The van der Waals surface area contributed by atoms with Crippen LogP contribution in [-0.4, -0.2) is 42.3 Å². The lowest BCUT2D eigenvalue weighted by molar-refractivity contribution is 0.0243. The Morgan fingerprint density at radius 3 is 2.23 bits per heavy atom. The van der Waals surface area contributed by atoms with Crippen LogP contribution in [-0.2, 0) is 24.4 Å². The number of unbranched alkanes of at least 4 members (excludes halogenated alkanes) is 1. The molecule has 0 saturated heterocycles. The summed E-state index contributed by atoms with van der Waals surface area (Å²) in [5, 5.41) is 0. The maximum Gasteiger partial charge on any atom is 0.500 e. The first-order chi connectivity index (χ1) is 12.6. The van der Waals surface area contributed by atoms with E-state index < -0.39 is 8.80 Å². The van der Waals surface area contributed by atoms with Gasteiger partial charge in [-0.1, -0.05) is 48.6 Å². The molecule has 26 heavy (non-hydrogen) atoms. The zero-order valence-electron chi connectivity index (χ0n) is 16.5. The lowest BCUT2D eigenvalue weighted by atomic mass is 9.88. The molecule has 0 radical (unpaired) electrons. The van der Waals surface area contributed by atoms with E-state index in [2.05, 4.69) is 55.5 Å². The Kier molecular flexibility index (Phi) is 8.25. The third kappa shape index (κ3) is 5.63. The molecule has 1 aromatic rings. The zero-order chi connectivity index (χ0) is 18.9. The molecule has 4 nitrogen and oxygen atoms in total. The van der Waals surface area contributed by atoms with Gasteiger partial charge in [0.25, 0.3) is 0 Å². The molecule has 0 atom stereocenters. The highest BCUT2D eigenvalue weighted by Crippen LogP contribution is 2.27. The number of benzene rings is 1. The molecule has 0 amide bonds. The van der Waals surface area contributed by atoms with Gasteiger partial charge in [-0.25, -0.2) is 0 Å². The minimum Gasteiger partial charge on any atom is -0.377 e. The molecule has 0 saturated carbocycles. The Hall–Kier alpha value is -1.24. The van der Waals surface area contributed by atoms with Crippen molar-refractivity contribution in [3.8, 4) is 0 Å². The molecule has 5 heteroatoms. The van der Waals surface area contributed by atoms with Crippen LogP contribution in [0.4, 0.5) is 0 Å². The van der Waals surface area contributed by atoms with Gasteiger partial charge in [0.15, 0.2) is 0 Å². The second-order valence-electron chi connectivity index (χ2n) is 6.70. The summed E-state index contributed by atoms with van der Waals surface area (Å²) in [6, 6.07) is 9.32. The summed E-state index contributed by atoms with van der Waals surface area (Å²) in [5.41, 5.74) is 2.29.